The third-order valence-corrected chi connectivity index (χ3v) is 2.05. The highest BCUT2D eigenvalue weighted by atomic mass is 16.4. The van der Waals surface area contributed by atoms with Crippen molar-refractivity contribution in [3.63, 3.8) is 0 Å². The normalized spacial score (nSPS) is 14.7. The molecule has 2 atom stereocenters. The Kier molecular flexibility index (Phi) is 3.62. The lowest BCUT2D eigenvalue weighted by molar-refractivity contribution is -0.138. The number of rotatable bonds is 4. The van der Waals surface area contributed by atoms with Gasteiger partial charge >= 0.3 is 5.97 Å². The predicted octanol–water partition coefficient (Wildman–Crippen LogP) is 0.488. The second-order valence-corrected chi connectivity index (χ2v) is 3.20. The number of nitrogens with two attached hydrogens (primary N) is 2. The Morgan fingerprint density at radius 1 is 1.29 bits per heavy atom. The van der Waals surface area contributed by atoms with Gasteiger partial charge in [0.2, 0.25) is 0 Å². The molecule has 0 aliphatic heterocycles. The molecule has 0 aliphatic carbocycles. The van der Waals surface area contributed by atoms with E-state index in [4.69, 9.17) is 16.6 Å². The molecule has 1 aromatic carbocycles. The van der Waals surface area contributed by atoms with Crippen molar-refractivity contribution in [1.29, 1.82) is 0 Å². The fourth-order valence-corrected chi connectivity index (χ4v) is 1.21. The Balaban J connectivity index is 2.59. The van der Waals surface area contributed by atoms with Gasteiger partial charge in [-0.1, -0.05) is 30.3 Å². The molecule has 0 saturated carbocycles. The number of benzene rings is 1. The molecule has 0 bridgehead atoms. The summed E-state index contributed by atoms with van der Waals surface area (Å²) in [5.74, 6) is -1.02. The van der Waals surface area contributed by atoms with Crippen LogP contribution in [0.25, 0.3) is 0 Å². The van der Waals surface area contributed by atoms with Gasteiger partial charge in [-0.15, -0.1) is 0 Å². The molecule has 0 saturated heterocycles. The van der Waals surface area contributed by atoms with E-state index < -0.39 is 12.0 Å². The summed E-state index contributed by atoms with van der Waals surface area (Å²) in [6.45, 7) is 0. The van der Waals surface area contributed by atoms with Crippen molar-refractivity contribution in [3.8, 4) is 0 Å². The van der Waals surface area contributed by atoms with E-state index in [2.05, 4.69) is 0 Å². The lowest BCUT2D eigenvalue weighted by atomic mass is 10.0. The van der Waals surface area contributed by atoms with Gasteiger partial charge in [-0.2, -0.15) is 0 Å². The van der Waals surface area contributed by atoms with Gasteiger partial charge in [-0.25, -0.2) is 0 Å². The van der Waals surface area contributed by atoms with E-state index in [9.17, 15) is 4.79 Å². The summed E-state index contributed by atoms with van der Waals surface area (Å²) in [5.41, 5.74) is 12.1. The van der Waals surface area contributed by atoms with Crippen LogP contribution >= 0.6 is 0 Å². The van der Waals surface area contributed by atoms with Gasteiger partial charge < -0.3 is 16.6 Å². The molecule has 0 aliphatic rings. The number of aliphatic carboxylic acids is 1. The molecule has 0 amide bonds. The topological polar surface area (TPSA) is 89.3 Å². The summed E-state index contributed by atoms with van der Waals surface area (Å²) < 4.78 is 0. The van der Waals surface area contributed by atoms with Gasteiger partial charge in [0.15, 0.2) is 0 Å². The zero-order valence-electron chi connectivity index (χ0n) is 7.76. The van der Waals surface area contributed by atoms with E-state index in [1.165, 1.54) is 0 Å². The Hall–Kier alpha value is -1.39. The van der Waals surface area contributed by atoms with E-state index in [-0.39, 0.29) is 12.5 Å². The first-order valence-electron chi connectivity index (χ1n) is 4.40. The quantitative estimate of drug-likeness (QED) is 0.650. The average molecular weight is 194 g/mol. The first kappa shape index (κ1) is 10.7. The van der Waals surface area contributed by atoms with E-state index in [1.54, 1.807) is 0 Å². The van der Waals surface area contributed by atoms with Crippen molar-refractivity contribution in [3.05, 3.63) is 35.9 Å². The van der Waals surface area contributed by atoms with E-state index in [1.807, 2.05) is 30.3 Å². The molecule has 0 heterocycles. The summed E-state index contributed by atoms with van der Waals surface area (Å²) in [7, 11) is 0. The molecular weight excluding hydrogens is 180 g/mol. The van der Waals surface area contributed by atoms with Crippen molar-refractivity contribution < 1.29 is 9.90 Å². The average Bonchev–Trinajstić information content (AvgIpc) is 2.19. The van der Waals surface area contributed by atoms with E-state index in [0.29, 0.717) is 0 Å². The van der Waals surface area contributed by atoms with Crippen LogP contribution in [0.4, 0.5) is 0 Å². The first-order chi connectivity index (χ1) is 6.61. The summed E-state index contributed by atoms with van der Waals surface area (Å²) >= 11 is 0. The van der Waals surface area contributed by atoms with Gasteiger partial charge in [0.1, 0.15) is 6.04 Å². The van der Waals surface area contributed by atoms with Gasteiger partial charge in [0.05, 0.1) is 0 Å². The monoisotopic (exact) mass is 194 g/mol. The molecule has 4 heteroatoms. The van der Waals surface area contributed by atoms with Crippen LogP contribution in [0.15, 0.2) is 30.3 Å². The van der Waals surface area contributed by atoms with Crippen LogP contribution in [0.3, 0.4) is 0 Å². The Bertz CT molecular complexity index is 300. The minimum absolute atomic E-state index is 0.249. The number of hydrogen-bond donors (Lipinski definition) is 3. The number of carbonyl (C=O) groups is 1. The van der Waals surface area contributed by atoms with E-state index >= 15 is 0 Å². The largest absolute Gasteiger partial charge is 0.480 e. The molecule has 14 heavy (non-hydrogen) atoms. The molecule has 0 radical (unpaired) electrons. The molecule has 0 unspecified atom stereocenters. The third kappa shape index (κ3) is 2.83. The molecule has 76 valence electrons. The number of hydrogen-bond acceptors (Lipinski definition) is 3. The summed E-state index contributed by atoms with van der Waals surface area (Å²) in [4.78, 5) is 10.5. The predicted molar refractivity (Wildman–Crippen MR) is 53.6 cm³/mol. The summed E-state index contributed by atoms with van der Waals surface area (Å²) in [5, 5.41) is 8.60. The third-order valence-electron chi connectivity index (χ3n) is 2.05. The molecule has 0 spiro atoms. The van der Waals surface area contributed by atoms with Crippen LogP contribution in [0.2, 0.25) is 0 Å². The van der Waals surface area contributed by atoms with Crippen LogP contribution in [0.1, 0.15) is 18.0 Å². The highest BCUT2D eigenvalue weighted by Crippen LogP contribution is 2.14. The maximum atomic E-state index is 10.5. The number of carboxylic acids is 1. The molecule has 5 N–H and O–H groups in total. The SMILES string of the molecule is N[C@H](C[C@@H](N)c1ccccc1)C(=O)O. The van der Waals surface area contributed by atoms with Crippen molar-refractivity contribution in [1.82, 2.24) is 0 Å². The van der Waals surface area contributed by atoms with Crippen LogP contribution < -0.4 is 11.5 Å². The fraction of sp³-hybridized carbons (Fsp3) is 0.300. The lowest BCUT2D eigenvalue weighted by Crippen LogP contribution is -2.33. The lowest BCUT2D eigenvalue weighted by Gasteiger charge is -2.14. The maximum absolute atomic E-state index is 10.5. The molecule has 4 nitrogen and oxygen atoms in total. The molecule has 0 aromatic heterocycles. The Morgan fingerprint density at radius 3 is 2.36 bits per heavy atom. The highest BCUT2D eigenvalue weighted by Gasteiger charge is 2.16. The van der Waals surface area contributed by atoms with Crippen LogP contribution in [0.5, 0.6) is 0 Å². The molecule has 1 rings (SSSR count). The molecule has 0 fully saturated rings. The molecular formula is C10H14N2O2. The van der Waals surface area contributed by atoms with Gasteiger partial charge in [0.25, 0.3) is 0 Å². The Labute approximate surface area is 82.5 Å². The van der Waals surface area contributed by atoms with Crippen LogP contribution in [-0.2, 0) is 4.79 Å². The van der Waals surface area contributed by atoms with E-state index in [0.717, 1.165) is 5.56 Å². The van der Waals surface area contributed by atoms with Gasteiger partial charge in [0, 0.05) is 6.04 Å². The maximum Gasteiger partial charge on any atom is 0.320 e. The second-order valence-electron chi connectivity index (χ2n) is 3.20. The minimum atomic E-state index is -1.02. The standard InChI is InChI=1S/C10H14N2O2/c11-8(6-9(12)10(13)14)7-4-2-1-3-5-7/h1-5,8-9H,6,11-12H2,(H,13,14)/t8-,9-/m1/s1. The van der Waals surface area contributed by atoms with Crippen molar-refractivity contribution >= 4 is 5.97 Å². The zero-order valence-corrected chi connectivity index (χ0v) is 7.76. The van der Waals surface area contributed by atoms with Gasteiger partial charge in [-0.05, 0) is 12.0 Å². The Morgan fingerprint density at radius 2 is 1.86 bits per heavy atom. The minimum Gasteiger partial charge on any atom is -0.480 e. The second kappa shape index (κ2) is 4.74. The van der Waals surface area contributed by atoms with Crippen molar-refractivity contribution in [2.75, 3.05) is 0 Å². The zero-order chi connectivity index (χ0) is 10.6. The summed E-state index contributed by atoms with van der Waals surface area (Å²) in [6.07, 6.45) is 0.249. The summed E-state index contributed by atoms with van der Waals surface area (Å²) in [6, 6.07) is 8.11. The van der Waals surface area contributed by atoms with Crippen LogP contribution in [0, 0.1) is 0 Å². The van der Waals surface area contributed by atoms with Crippen molar-refractivity contribution in [2.45, 2.75) is 18.5 Å². The smallest absolute Gasteiger partial charge is 0.320 e. The van der Waals surface area contributed by atoms with Crippen molar-refractivity contribution in [2.24, 2.45) is 11.5 Å². The number of carboxylic acid groups (broad SMARTS) is 1. The fourth-order valence-electron chi connectivity index (χ4n) is 1.21. The van der Waals surface area contributed by atoms with Gasteiger partial charge in [-0.3, -0.25) is 4.79 Å². The van der Waals surface area contributed by atoms with Crippen LogP contribution in [-0.4, -0.2) is 17.1 Å². The molecule has 1 aromatic rings. The first-order valence-corrected chi connectivity index (χ1v) is 4.40. The highest BCUT2D eigenvalue weighted by molar-refractivity contribution is 5.73.